The number of aryl methyl sites for hydroxylation is 1. The van der Waals surface area contributed by atoms with Gasteiger partial charge < -0.3 is 31.1 Å². The molecule has 1 aromatic carbocycles. The Labute approximate surface area is 219 Å². The molecule has 1 aliphatic carbocycles. The third kappa shape index (κ3) is 9.26. The summed E-state index contributed by atoms with van der Waals surface area (Å²) in [5.74, 6) is -1.69. The third-order valence-corrected chi connectivity index (χ3v) is 6.19. The normalized spacial score (nSPS) is 15.8. The topological polar surface area (TPSA) is 151 Å². The number of nitrogens with one attached hydrogen (secondary N) is 2. The smallest absolute Gasteiger partial charge is 0.408 e. The highest BCUT2D eigenvalue weighted by Crippen LogP contribution is 2.28. The standard InChI is InChI=1S/C27H42N4O6/c1-6-14-31(25(35)20(16-22(28)33)30-26(36)37-27(3,4)5)23(18-12-13-21(32)17(2)15-18)24(34)29-19-10-8-7-9-11-19/h12-13,15,19-20,23,32H,6-11,14,16H2,1-5H3,(H2,28,33)(H,29,34)(H,30,36). The van der Waals surface area contributed by atoms with Crippen molar-refractivity contribution in [3.63, 3.8) is 0 Å². The van der Waals surface area contributed by atoms with Gasteiger partial charge in [-0.1, -0.05) is 32.3 Å². The first-order valence-corrected chi connectivity index (χ1v) is 13.0. The number of hydrogen-bond acceptors (Lipinski definition) is 6. The van der Waals surface area contributed by atoms with Gasteiger partial charge in [0.2, 0.25) is 17.7 Å². The number of phenols is 1. The first kappa shape index (κ1) is 29.9. The molecule has 1 aliphatic rings. The van der Waals surface area contributed by atoms with Crippen LogP contribution in [-0.2, 0) is 19.1 Å². The molecule has 0 aliphatic heterocycles. The molecule has 0 saturated heterocycles. The summed E-state index contributed by atoms with van der Waals surface area (Å²) in [5, 5.41) is 15.6. The van der Waals surface area contributed by atoms with E-state index in [0.29, 0.717) is 17.5 Å². The molecule has 10 heteroatoms. The Kier molecular flexibility index (Phi) is 10.8. The van der Waals surface area contributed by atoms with Gasteiger partial charge >= 0.3 is 6.09 Å². The summed E-state index contributed by atoms with van der Waals surface area (Å²) in [6, 6.07) is 2.41. The monoisotopic (exact) mass is 518 g/mol. The molecular formula is C27H42N4O6. The summed E-state index contributed by atoms with van der Waals surface area (Å²) in [6.07, 6.45) is 4.08. The molecule has 1 saturated carbocycles. The average molecular weight is 519 g/mol. The van der Waals surface area contributed by atoms with Crippen LogP contribution in [0.3, 0.4) is 0 Å². The van der Waals surface area contributed by atoms with Crippen molar-refractivity contribution < 1.29 is 29.0 Å². The molecule has 37 heavy (non-hydrogen) atoms. The molecular weight excluding hydrogens is 476 g/mol. The van der Waals surface area contributed by atoms with E-state index < -0.39 is 42.0 Å². The van der Waals surface area contributed by atoms with Gasteiger partial charge in [0, 0.05) is 12.6 Å². The van der Waals surface area contributed by atoms with Crippen LogP contribution in [0.4, 0.5) is 4.79 Å². The lowest BCUT2D eigenvalue weighted by molar-refractivity contribution is -0.143. The highest BCUT2D eigenvalue weighted by Gasteiger charge is 2.37. The number of nitrogens with zero attached hydrogens (tertiary/aromatic N) is 1. The quantitative estimate of drug-likeness (QED) is 0.373. The molecule has 4 amide bonds. The van der Waals surface area contributed by atoms with Crippen LogP contribution in [0, 0.1) is 6.92 Å². The van der Waals surface area contributed by atoms with E-state index in [0.717, 1.165) is 32.1 Å². The summed E-state index contributed by atoms with van der Waals surface area (Å²) in [4.78, 5) is 53.3. The fraction of sp³-hybridized carbons (Fsp3) is 0.630. The maximum Gasteiger partial charge on any atom is 0.408 e. The van der Waals surface area contributed by atoms with Crippen molar-refractivity contribution in [1.82, 2.24) is 15.5 Å². The van der Waals surface area contributed by atoms with Gasteiger partial charge in [-0.15, -0.1) is 0 Å². The predicted molar refractivity (Wildman–Crippen MR) is 140 cm³/mol. The summed E-state index contributed by atoms with van der Waals surface area (Å²) in [5.41, 5.74) is 5.65. The maximum atomic E-state index is 13.9. The number of rotatable bonds is 10. The summed E-state index contributed by atoms with van der Waals surface area (Å²) >= 11 is 0. The highest BCUT2D eigenvalue weighted by atomic mass is 16.6. The van der Waals surface area contributed by atoms with E-state index in [2.05, 4.69) is 10.6 Å². The number of ether oxygens (including phenoxy) is 1. The molecule has 0 spiro atoms. The van der Waals surface area contributed by atoms with Gasteiger partial charge in [-0.3, -0.25) is 14.4 Å². The number of phenolic OH excluding ortho intramolecular Hbond substituents is 1. The molecule has 0 aromatic heterocycles. The molecule has 0 bridgehead atoms. The Hall–Kier alpha value is -3.30. The number of carbonyl (C=O) groups is 4. The number of alkyl carbamates (subject to hydrolysis) is 1. The van der Waals surface area contributed by atoms with Crippen molar-refractivity contribution >= 4 is 23.8 Å². The van der Waals surface area contributed by atoms with Crippen molar-refractivity contribution in [1.29, 1.82) is 0 Å². The zero-order valence-corrected chi connectivity index (χ0v) is 22.6. The summed E-state index contributed by atoms with van der Waals surface area (Å²) in [6.45, 7) is 8.80. The third-order valence-electron chi connectivity index (χ3n) is 6.19. The van der Waals surface area contributed by atoms with E-state index in [1.165, 1.54) is 11.0 Å². The molecule has 0 radical (unpaired) electrons. The van der Waals surface area contributed by atoms with Crippen LogP contribution in [0.25, 0.3) is 0 Å². The van der Waals surface area contributed by atoms with E-state index in [9.17, 15) is 24.3 Å². The van der Waals surface area contributed by atoms with Gasteiger partial charge in [-0.05, 0) is 70.2 Å². The zero-order valence-electron chi connectivity index (χ0n) is 22.6. The van der Waals surface area contributed by atoms with Gasteiger partial charge in [-0.2, -0.15) is 0 Å². The van der Waals surface area contributed by atoms with E-state index in [1.807, 2.05) is 6.92 Å². The zero-order chi connectivity index (χ0) is 27.8. The van der Waals surface area contributed by atoms with Gasteiger partial charge in [0.15, 0.2) is 0 Å². The summed E-state index contributed by atoms with van der Waals surface area (Å²) < 4.78 is 5.28. The summed E-state index contributed by atoms with van der Waals surface area (Å²) in [7, 11) is 0. The number of hydrogen-bond donors (Lipinski definition) is 4. The molecule has 1 aromatic rings. The first-order valence-electron chi connectivity index (χ1n) is 13.0. The fourth-order valence-corrected chi connectivity index (χ4v) is 4.51. The van der Waals surface area contributed by atoms with E-state index in [4.69, 9.17) is 10.5 Å². The van der Waals surface area contributed by atoms with E-state index in [1.54, 1.807) is 39.8 Å². The average Bonchev–Trinajstić information content (AvgIpc) is 2.79. The van der Waals surface area contributed by atoms with E-state index in [-0.39, 0.29) is 24.2 Å². The minimum Gasteiger partial charge on any atom is -0.508 e. The number of benzene rings is 1. The molecule has 2 rings (SSSR count). The number of amides is 4. The van der Waals surface area contributed by atoms with Crippen LogP contribution in [0.15, 0.2) is 18.2 Å². The van der Waals surface area contributed by atoms with Gasteiger partial charge in [0.25, 0.3) is 0 Å². The molecule has 2 atom stereocenters. The first-order chi connectivity index (χ1) is 17.3. The van der Waals surface area contributed by atoms with Gasteiger partial charge in [0.1, 0.15) is 23.4 Å². The SMILES string of the molecule is CCCN(C(=O)C(CC(N)=O)NC(=O)OC(C)(C)C)C(C(=O)NC1CCCCC1)c1ccc(O)c(C)c1. The van der Waals surface area contributed by atoms with Crippen molar-refractivity contribution in [2.75, 3.05) is 6.54 Å². The Morgan fingerprint density at radius 1 is 1.16 bits per heavy atom. The van der Waals surface area contributed by atoms with Crippen molar-refractivity contribution in [2.24, 2.45) is 5.73 Å². The van der Waals surface area contributed by atoms with Crippen LogP contribution in [-0.4, -0.2) is 58.1 Å². The largest absolute Gasteiger partial charge is 0.508 e. The molecule has 0 heterocycles. The van der Waals surface area contributed by atoms with E-state index >= 15 is 0 Å². The number of primary amides is 1. The second-order valence-corrected chi connectivity index (χ2v) is 10.7. The fourth-order valence-electron chi connectivity index (χ4n) is 4.51. The molecule has 5 N–H and O–H groups in total. The second-order valence-electron chi connectivity index (χ2n) is 10.7. The second kappa shape index (κ2) is 13.3. The minimum absolute atomic E-state index is 0.00171. The lowest BCUT2D eigenvalue weighted by atomic mass is 9.94. The van der Waals surface area contributed by atoms with Crippen molar-refractivity contribution in [3.05, 3.63) is 29.3 Å². The Bertz CT molecular complexity index is 968. The lowest BCUT2D eigenvalue weighted by Gasteiger charge is -2.35. The maximum absolute atomic E-state index is 13.9. The lowest BCUT2D eigenvalue weighted by Crippen LogP contribution is -2.54. The molecule has 10 nitrogen and oxygen atoms in total. The van der Waals surface area contributed by atoms with Crippen molar-refractivity contribution in [3.8, 4) is 5.75 Å². The number of carbonyl (C=O) groups excluding carboxylic acids is 4. The molecule has 1 fully saturated rings. The van der Waals surface area contributed by atoms with Crippen LogP contribution in [0.5, 0.6) is 5.75 Å². The van der Waals surface area contributed by atoms with Crippen molar-refractivity contribution in [2.45, 2.75) is 103 Å². The van der Waals surface area contributed by atoms with Gasteiger partial charge in [-0.25, -0.2) is 4.79 Å². The molecule has 2 unspecified atom stereocenters. The van der Waals surface area contributed by atoms with Crippen LogP contribution < -0.4 is 16.4 Å². The highest BCUT2D eigenvalue weighted by molar-refractivity contribution is 5.94. The number of aromatic hydroxyl groups is 1. The number of nitrogens with two attached hydrogens (primary N) is 1. The van der Waals surface area contributed by atoms with Crippen LogP contribution in [0.1, 0.15) is 89.8 Å². The van der Waals surface area contributed by atoms with Crippen LogP contribution in [0.2, 0.25) is 0 Å². The van der Waals surface area contributed by atoms with Gasteiger partial charge in [0.05, 0.1) is 6.42 Å². The Morgan fingerprint density at radius 2 is 1.81 bits per heavy atom. The minimum atomic E-state index is -1.32. The predicted octanol–water partition coefficient (Wildman–Crippen LogP) is 3.20. The van der Waals surface area contributed by atoms with Crippen LogP contribution >= 0.6 is 0 Å². The Balaban J connectivity index is 2.46. The Morgan fingerprint density at radius 3 is 2.35 bits per heavy atom. The molecule has 206 valence electrons.